The van der Waals surface area contributed by atoms with Gasteiger partial charge in [0.1, 0.15) is 0 Å². The van der Waals surface area contributed by atoms with Crippen molar-refractivity contribution in [3.63, 3.8) is 0 Å². The Morgan fingerprint density at radius 1 is 1.00 bits per heavy atom. The van der Waals surface area contributed by atoms with E-state index < -0.39 is 22.8 Å². The Labute approximate surface area is 151 Å². The third kappa shape index (κ3) is 4.63. The molecule has 0 saturated carbocycles. The molecule has 3 heterocycles. The first-order valence-electron chi connectivity index (χ1n) is 8.64. The van der Waals surface area contributed by atoms with Crippen molar-refractivity contribution in [3.05, 3.63) is 18.0 Å². The second kappa shape index (κ2) is 7.65. The van der Waals surface area contributed by atoms with Gasteiger partial charge < -0.3 is 4.90 Å². The number of aryl methyl sites for hydroxylation is 1. The normalized spacial score (nSPS) is 20.7. The number of halogens is 3. The van der Waals surface area contributed by atoms with Crippen molar-refractivity contribution in [2.24, 2.45) is 0 Å². The molecule has 0 radical (unpaired) electrons. The van der Waals surface area contributed by atoms with E-state index in [-0.39, 0.29) is 6.42 Å². The molecule has 0 aliphatic carbocycles. The Balaban J connectivity index is 1.59. The van der Waals surface area contributed by atoms with Gasteiger partial charge in [-0.05, 0) is 25.3 Å². The summed E-state index contributed by atoms with van der Waals surface area (Å²) in [6, 6.07) is 1.48. The van der Waals surface area contributed by atoms with Crippen LogP contribution in [0.3, 0.4) is 0 Å². The van der Waals surface area contributed by atoms with E-state index >= 15 is 0 Å². The zero-order chi connectivity index (χ0) is 18.8. The Kier molecular flexibility index (Phi) is 5.68. The largest absolute Gasteiger partial charge is 0.389 e. The van der Waals surface area contributed by atoms with Crippen LogP contribution in [0.25, 0.3) is 0 Å². The van der Waals surface area contributed by atoms with Gasteiger partial charge in [-0.3, -0.25) is 0 Å². The summed E-state index contributed by atoms with van der Waals surface area (Å²) in [5.41, 5.74) is 0.333. The number of anilines is 1. The second-order valence-electron chi connectivity index (χ2n) is 6.46. The van der Waals surface area contributed by atoms with Crippen molar-refractivity contribution >= 4 is 16.2 Å². The van der Waals surface area contributed by atoms with Crippen LogP contribution in [-0.4, -0.2) is 72.4 Å². The van der Waals surface area contributed by atoms with Crippen LogP contribution in [0.2, 0.25) is 0 Å². The molecule has 0 unspecified atom stereocenters. The van der Waals surface area contributed by atoms with Crippen LogP contribution in [0.5, 0.6) is 0 Å². The van der Waals surface area contributed by atoms with Crippen molar-refractivity contribution in [2.45, 2.75) is 31.9 Å². The van der Waals surface area contributed by atoms with Gasteiger partial charge in [-0.2, -0.15) is 30.2 Å². The lowest BCUT2D eigenvalue weighted by atomic mass is 10.2. The minimum Gasteiger partial charge on any atom is -0.338 e. The lowest BCUT2D eigenvalue weighted by Crippen LogP contribution is -2.53. The van der Waals surface area contributed by atoms with Gasteiger partial charge >= 0.3 is 6.18 Å². The average molecular weight is 393 g/mol. The molecule has 26 heavy (non-hydrogen) atoms. The number of piperazine rings is 1. The molecule has 3 rings (SSSR count). The minimum atomic E-state index is -4.22. The standard InChI is InChI=1S/C15H22F3N5O2S/c16-15(17,18)5-3-13-4-6-19-14(20-13)21-9-11-23(12-10-21)26(24,25)22-7-1-2-8-22/h4,6H,1-3,5,7-12H2. The molecular formula is C15H22F3N5O2S. The van der Waals surface area contributed by atoms with E-state index in [1.165, 1.54) is 20.9 Å². The molecule has 2 saturated heterocycles. The number of hydrogen-bond donors (Lipinski definition) is 0. The van der Waals surface area contributed by atoms with Gasteiger partial charge in [0, 0.05) is 57.6 Å². The fourth-order valence-electron chi connectivity index (χ4n) is 3.15. The summed E-state index contributed by atoms with van der Waals surface area (Å²) in [6.07, 6.45) is -2.12. The summed E-state index contributed by atoms with van der Waals surface area (Å²) in [6.45, 7) is 2.58. The predicted molar refractivity (Wildman–Crippen MR) is 89.9 cm³/mol. The first-order valence-corrected chi connectivity index (χ1v) is 10.0. The van der Waals surface area contributed by atoms with Gasteiger partial charge in [0.2, 0.25) is 5.95 Å². The van der Waals surface area contributed by atoms with Crippen LogP contribution < -0.4 is 4.90 Å². The maximum Gasteiger partial charge on any atom is 0.389 e. The molecular weight excluding hydrogens is 371 g/mol. The van der Waals surface area contributed by atoms with Crippen molar-refractivity contribution < 1.29 is 21.6 Å². The van der Waals surface area contributed by atoms with E-state index in [1.54, 1.807) is 0 Å². The van der Waals surface area contributed by atoms with Gasteiger partial charge in [-0.1, -0.05) is 0 Å². The summed E-state index contributed by atoms with van der Waals surface area (Å²) >= 11 is 0. The van der Waals surface area contributed by atoms with Crippen LogP contribution >= 0.6 is 0 Å². The number of hydrogen-bond acceptors (Lipinski definition) is 5. The van der Waals surface area contributed by atoms with Crippen LogP contribution in [0.15, 0.2) is 12.3 Å². The SMILES string of the molecule is O=S(=O)(N1CCCC1)N1CCN(c2nccc(CCC(F)(F)F)n2)CC1. The third-order valence-corrected chi connectivity index (χ3v) is 6.64. The Hall–Kier alpha value is -1.46. The highest BCUT2D eigenvalue weighted by Crippen LogP contribution is 2.23. The summed E-state index contributed by atoms with van der Waals surface area (Å²) in [7, 11) is -3.43. The van der Waals surface area contributed by atoms with Gasteiger partial charge in [0.25, 0.3) is 10.2 Å². The fourth-order valence-corrected chi connectivity index (χ4v) is 4.82. The molecule has 1 aromatic rings. The second-order valence-corrected chi connectivity index (χ2v) is 8.39. The van der Waals surface area contributed by atoms with Gasteiger partial charge in [0.15, 0.2) is 0 Å². The zero-order valence-electron chi connectivity index (χ0n) is 14.3. The highest BCUT2D eigenvalue weighted by atomic mass is 32.2. The summed E-state index contributed by atoms with van der Waals surface area (Å²) < 4.78 is 65.2. The Bertz CT molecular complexity index is 714. The van der Waals surface area contributed by atoms with Crippen LogP contribution in [-0.2, 0) is 16.6 Å². The maximum atomic E-state index is 12.6. The molecule has 2 aliphatic rings. The molecule has 2 fully saturated rings. The number of alkyl halides is 3. The topological polar surface area (TPSA) is 69.6 Å². The first kappa shape index (κ1) is 19.3. The fraction of sp³-hybridized carbons (Fsp3) is 0.733. The minimum absolute atomic E-state index is 0.192. The van der Waals surface area contributed by atoms with E-state index in [1.807, 2.05) is 4.90 Å². The van der Waals surface area contributed by atoms with Crippen molar-refractivity contribution in [3.8, 4) is 0 Å². The monoisotopic (exact) mass is 393 g/mol. The Morgan fingerprint density at radius 3 is 2.23 bits per heavy atom. The van der Waals surface area contributed by atoms with Crippen LogP contribution in [0, 0.1) is 0 Å². The van der Waals surface area contributed by atoms with E-state index in [4.69, 9.17) is 0 Å². The lowest BCUT2D eigenvalue weighted by molar-refractivity contribution is -0.134. The highest BCUT2D eigenvalue weighted by molar-refractivity contribution is 7.86. The first-order chi connectivity index (χ1) is 12.3. The lowest BCUT2D eigenvalue weighted by Gasteiger charge is -2.35. The quantitative estimate of drug-likeness (QED) is 0.757. The highest BCUT2D eigenvalue weighted by Gasteiger charge is 2.34. The smallest absolute Gasteiger partial charge is 0.338 e. The Morgan fingerprint density at radius 2 is 1.62 bits per heavy atom. The molecule has 1 aromatic heterocycles. The van der Waals surface area contributed by atoms with Crippen LogP contribution in [0.1, 0.15) is 25.0 Å². The summed E-state index contributed by atoms with van der Waals surface area (Å²) in [5.74, 6) is 0.350. The molecule has 0 N–H and O–H groups in total. The van der Waals surface area contributed by atoms with E-state index in [0.29, 0.717) is 50.9 Å². The molecule has 7 nitrogen and oxygen atoms in total. The van der Waals surface area contributed by atoms with Gasteiger partial charge in [-0.15, -0.1) is 0 Å². The molecule has 0 bridgehead atoms. The average Bonchev–Trinajstić information content (AvgIpc) is 3.15. The van der Waals surface area contributed by atoms with E-state index in [2.05, 4.69) is 9.97 Å². The van der Waals surface area contributed by atoms with Crippen LogP contribution in [0.4, 0.5) is 19.1 Å². The maximum absolute atomic E-state index is 12.6. The zero-order valence-corrected chi connectivity index (χ0v) is 15.1. The molecule has 0 amide bonds. The third-order valence-electron chi connectivity index (χ3n) is 4.60. The summed E-state index contributed by atoms with van der Waals surface area (Å²) in [4.78, 5) is 10.1. The van der Waals surface area contributed by atoms with Gasteiger partial charge in [-0.25, -0.2) is 9.97 Å². The van der Waals surface area contributed by atoms with E-state index in [0.717, 1.165) is 12.8 Å². The molecule has 146 valence electrons. The van der Waals surface area contributed by atoms with Crippen molar-refractivity contribution in [1.82, 2.24) is 18.6 Å². The predicted octanol–water partition coefficient (Wildman–Crippen LogP) is 1.43. The molecule has 0 aromatic carbocycles. The number of rotatable bonds is 5. The molecule has 0 atom stereocenters. The summed E-state index contributed by atoms with van der Waals surface area (Å²) in [5, 5.41) is 0. The molecule has 2 aliphatic heterocycles. The number of aromatic nitrogens is 2. The van der Waals surface area contributed by atoms with E-state index in [9.17, 15) is 21.6 Å². The van der Waals surface area contributed by atoms with Crippen molar-refractivity contribution in [1.29, 1.82) is 0 Å². The number of nitrogens with zero attached hydrogens (tertiary/aromatic N) is 5. The van der Waals surface area contributed by atoms with Gasteiger partial charge in [0.05, 0.1) is 0 Å². The van der Waals surface area contributed by atoms with Crippen molar-refractivity contribution in [2.75, 3.05) is 44.2 Å². The molecule has 0 spiro atoms. The molecule has 11 heteroatoms.